The molecule has 0 saturated carbocycles. The molecule has 1 aromatic carbocycles. The van der Waals surface area contributed by atoms with Crippen LogP contribution in [0.25, 0.3) is 11.3 Å². The summed E-state index contributed by atoms with van der Waals surface area (Å²) in [5, 5.41) is 10.1. The van der Waals surface area contributed by atoms with Crippen molar-refractivity contribution in [1.82, 2.24) is 4.90 Å². The third-order valence-electron chi connectivity index (χ3n) is 4.69. The lowest BCUT2D eigenvalue weighted by molar-refractivity contribution is -0.155. The minimum absolute atomic E-state index is 0.0646. The minimum atomic E-state index is -1.08. The van der Waals surface area contributed by atoms with Crippen LogP contribution in [-0.2, 0) is 9.53 Å². The number of carboxylic acids is 1. The van der Waals surface area contributed by atoms with Crippen molar-refractivity contribution in [3.05, 3.63) is 47.2 Å². The zero-order valence-corrected chi connectivity index (χ0v) is 15.2. The molecule has 2 heterocycles. The van der Waals surface area contributed by atoms with Gasteiger partial charge in [-0.2, -0.15) is 0 Å². The molecule has 26 heavy (non-hydrogen) atoms. The average Bonchev–Trinajstić information content (AvgIpc) is 3.11. The molecule has 0 radical (unpaired) electrons. The summed E-state index contributed by atoms with van der Waals surface area (Å²) < 4.78 is 10.8. The number of carboxylic acid groups (broad SMARTS) is 1. The van der Waals surface area contributed by atoms with Gasteiger partial charge in [-0.25, -0.2) is 0 Å². The van der Waals surface area contributed by atoms with Gasteiger partial charge in [0, 0.05) is 25.8 Å². The highest BCUT2D eigenvalue weighted by Gasteiger charge is 2.44. The highest BCUT2D eigenvalue weighted by Crippen LogP contribution is 2.33. The smallest absolute Gasteiger partial charge is 0.313 e. The van der Waals surface area contributed by atoms with Gasteiger partial charge in [-0.3, -0.25) is 9.59 Å². The maximum atomic E-state index is 12.8. The lowest BCUT2D eigenvalue weighted by Gasteiger charge is -2.39. The van der Waals surface area contributed by atoms with Crippen molar-refractivity contribution in [2.75, 3.05) is 26.8 Å². The number of likely N-dealkylation sites (tertiary alicyclic amines) is 1. The number of furan rings is 1. The molecule has 1 fully saturated rings. The normalized spacial score (nSPS) is 20.2. The van der Waals surface area contributed by atoms with E-state index in [2.05, 4.69) is 0 Å². The first-order chi connectivity index (χ1) is 12.5. The Morgan fingerprint density at radius 1 is 1.31 bits per heavy atom. The Hall–Kier alpha value is -2.31. The third-order valence-corrected chi connectivity index (χ3v) is 5.02. The lowest BCUT2D eigenvalue weighted by atomic mass is 9.80. The summed E-state index contributed by atoms with van der Waals surface area (Å²) in [7, 11) is 1.47. The van der Waals surface area contributed by atoms with Crippen LogP contribution >= 0.6 is 11.6 Å². The van der Waals surface area contributed by atoms with Crippen molar-refractivity contribution in [3.63, 3.8) is 0 Å². The van der Waals surface area contributed by atoms with Crippen LogP contribution in [0, 0.1) is 5.41 Å². The Balaban J connectivity index is 1.81. The molecule has 1 N–H and O–H groups in total. The number of halogens is 1. The Kier molecular flexibility index (Phi) is 5.34. The summed E-state index contributed by atoms with van der Waals surface area (Å²) in [4.78, 5) is 26.1. The average molecular weight is 378 g/mol. The van der Waals surface area contributed by atoms with Crippen LogP contribution in [0.2, 0.25) is 5.02 Å². The van der Waals surface area contributed by atoms with Crippen LogP contribution in [0.1, 0.15) is 23.4 Å². The number of hydrogen-bond acceptors (Lipinski definition) is 4. The van der Waals surface area contributed by atoms with Gasteiger partial charge in [0.05, 0.1) is 11.6 Å². The highest BCUT2D eigenvalue weighted by molar-refractivity contribution is 6.33. The molecule has 2 aromatic rings. The second-order valence-electron chi connectivity index (χ2n) is 6.49. The van der Waals surface area contributed by atoms with E-state index in [9.17, 15) is 14.7 Å². The number of methoxy groups -OCH3 is 1. The van der Waals surface area contributed by atoms with Gasteiger partial charge in [0.1, 0.15) is 11.2 Å². The molecule has 3 rings (SSSR count). The van der Waals surface area contributed by atoms with Gasteiger partial charge in [-0.1, -0.05) is 23.7 Å². The van der Waals surface area contributed by atoms with E-state index in [-0.39, 0.29) is 24.8 Å². The van der Waals surface area contributed by atoms with Crippen LogP contribution in [0.15, 0.2) is 40.8 Å². The fourth-order valence-corrected chi connectivity index (χ4v) is 3.58. The van der Waals surface area contributed by atoms with Crippen LogP contribution < -0.4 is 0 Å². The van der Waals surface area contributed by atoms with E-state index < -0.39 is 11.4 Å². The van der Waals surface area contributed by atoms with E-state index in [1.165, 1.54) is 12.0 Å². The largest absolute Gasteiger partial charge is 0.481 e. The number of piperidine rings is 1. The van der Waals surface area contributed by atoms with Crippen molar-refractivity contribution < 1.29 is 23.8 Å². The van der Waals surface area contributed by atoms with Crippen molar-refractivity contribution in [1.29, 1.82) is 0 Å². The molecule has 1 saturated heterocycles. The van der Waals surface area contributed by atoms with Crippen molar-refractivity contribution >= 4 is 23.5 Å². The van der Waals surface area contributed by atoms with E-state index in [1.807, 2.05) is 18.2 Å². The fourth-order valence-electron chi connectivity index (χ4n) is 3.35. The van der Waals surface area contributed by atoms with Crippen molar-refractivity contribution in [2.45, 2.75) is 12.8 Å². The zero-order valence-electron chi connectivity index (χ0n) is 14.4. The molecule has 0 aliphatic carbocycles. The van der Waals surface area contributed by atoms with E-state index in [1.54, 1.807) is 18.2 Å². The standard InChI is InChI=1S/C19H20ClNO5/c1-25-12-19(18(23)24)9-4-10-21(11-19)17(22)16-8-7-15(26-16)13-5-2-3-6-14(13)20/h2-3,5-8H,4,9-12H2,1H3,(H,23,24). The van der Waals surface area contributed by atoms with Crippen LogP contribution in [0.3, 0.4) is 0 Å². The number of carbonyl (C=O) groups excluding carboxylic acids is 1. The molecule has 6 nitrogen and oxygen atoms in total. The van der Waals surface area contributed by atoms with Crippen molar-refractivity contribution in [3.8, 4) is 11.3 Å². The maximum absolute atomic E-state index is 12.8. The van der Waals surface area contributed by atoms with E-state index in [0.717, 1.165) is 0 Å². The molecule has 1 aliphatic rings. The third kappa shape index (κ3) is 3.48. The lowest BCUT2D eigenvalue weighted by Crippen LogP contribution is -2.52. The van der Waals surface area contributed by atoms with Crippen LogP contribution in [0.4, 0.5) is 0 Å². The first-order valence-corrected chi connectivity index (χ1v) is 8.71. The molecular weight excluding hydrogens is 358 g/mol. The number of rotatable bonds is 5. The molecule has 1 aromatic heterocycles. The number of amides is 1. The molecule has 1 unspecified atom stereocenters. The predicted molar refractivity (Wildman–Crippen MR) is 96.2 cm³/mol. The second kappa shape index (κ2) is 7.51. The van der Waals surface area contributed by atoms with Gasteiger partial charge in [0.2, 0.25) is 0 Å². The van der Waals surface area contributed by atoms with E-state index >= 15 is 0 Å². The number of aliphatic carboxylic acids is 1. The number of carbonyl (C=O) groups is 2. The van der Waals surface area contributed by atoms with Gasteiger partial charge in [0.15, 0.2) is 5.76 Å². The van der Waals surface area contributed by atoms with Gasteiger partial charge in [-0.15, -0.1) is 0 Å². The molecule has 1 aliphatic heterocycles. The van der Waals surface area contributed by atoms with E-state index in [0.29, 0.717) is 35.7 Å². The van der Waals surface area contributed by atoms with Crippen LogP contribution in [-0.4, -0.2) is 48.7 Å². The van der Waals surface area contributed by atoms with Gasteiger partial charge in [-0.05, 0) is 37.1 Å². The number of ether oxygens (including phenoxy) is 1. The summed E-state index contributed by atoms with van der Waals surface area (Å²) in [6, 6.07) is 10.5. The SMILES string of the molecule is COCC1(C(=O)O)CCCN(C(=O)c2ccc(-c3ccccc3Cl)o2)C1. The van der Waals surface area contributed by atoms with Gasteiger partial charge >= 0.3 is 5.97 Å². The maximum Gasteiger partial charge on any atom is 0.313 e. The summed E-state index contributed by atoms with van der Waals surface area (Å²) in [6.45, 7) is 0.645. The Labute approximate surface area is 156 Å². The Morgan fingerprint density at radius 3 is 2.77 bits per heavy atom. The number of nitrogens with zero attached hydrogens (tertiary/aromatic N) is 1. The molecule has 7 heteroatoms. The first-order valence-electron chi connectivity index (χ1n) is 8.33. The van der Waals surface area contributed by atoms with E-state index in [4.69, 9.17) is 20.8 Å². The number of benzene rings is 1. The summed E-state index contributed by atoms with van der Waals surface area (Å²) in [5.74, 6) is -0.617. The zero-order chi connectivity index (χ0) is 18.7. The summed E-state index contributed by atoms with van der Waals surface area (Å²) in [5.41, 5.74) is -0.382. The second-order valence-corrected chi connectivity index (χ2v) is 6.90. The summed E-state index contributed by atoms with van der Waals surface area (Å²) >= 11 is 6.17. The molecular formula is C19H20ClNO5. The summed E-state index contributed by atoms with van der Waals surface area (Å²) in [6.07, 6.45) is 1.07. The fraction of sp³-hybridized carbons (Fsp3) is 0.368. The highest BCUT2D eigenvalue weighted by atomic mass is 35.5. The van der Waals surface area contributed by atoms with Crippen LogP contribution in [0.5, 0.6) is 0 Å². The molecule has 138 valence electrons. The predicted octanol–water partition coefficient (Wildman–Crippen LogP) is 3.55. The van der Waals surface area contributed by atoms with Crippen molar-refractivity contribution in [2.24, 2.45) is 5.41 Å². The molecule has 1 amide bonds. The topological polar surface area (TPSA) is 80.0 Å². The number of hydrogen-bond donors (Lipinski definition) is 1. The molecule has 0 bridgehead atoms. The quantitative estimate of drug-likeness (QED) is 0.861. The molecule has 0 spiro atoms. The van der Waals surface area contributed by atoms with Gasteiger partial charge < -0.3 is 19.2 Å². The first kappa shape index (κ1) is 18.5. The Morgan fingerprint density at radius 2 is 2.08 bits per heavy atom. The molecule has 1 atom stereocenters. The van der Waals surface area contributed by atoms with Gasteiger partial charge in [0.25, 0.3) is 5.91 Å². The minimum Gasteiger partial charge on any atom is -0.481 e. The Bertz CT molecular complexity index is 814. The monoisotopic (exact) mass is 377 g/mol.